The summed E-state index contributed by atoms with van der Waals surface area (Å²) in [4.78, 5) is 27.7. The third-order valence-electron chi connectivity index (χ3n) is 6.51. The van der Waals surface area contributed by atoms with E-state index in [1.165, 1.54) is 18.4 Å². The maximum absolute atomic E-state index is 12.7. The first-order valence-corrected chi connectivity index (χ1v) is 11.9. The summed E-state index contributed by atoms with van der Waals surface area (Å²) in [6.07, 6.45) is 3.85. The van der Waals surface area contributed by atoms with E-state index in [1.54, 1.807) is 30.3 Å². The van der Waals surface area contributed by atoms with Crippen molar-refractivity contribution in [3.05, 3.63) is 60.2 Å². The van der Waals surface area contributed by atoms with Crippen LogP contribution >= 0.6 is 0 Å². The van der Waals surface area contributed by atoms with E-state index >= 15 is 0 Å². The number of nitrogens with zero attached hydrogens (tertiary/aromatic N) is 1. The van der Waals surface area contributed by atoms with E-state index in [1.807, 2.05) is 32.0 Å². The van der Waals surface area contributed by atoms with Crippen molar-refractivity contribution in [2.24, 2.45) is 5.92 Å². The summed E-state index contributed by atoms with van der Waals surface area (Å²) in [6.45, 7) is 8.03. The molecule has 2 atom stereocenters. The van der Waals surface area contributed by atoms with Crippen LogP contribution < -0.4 is 14.8 Å². The quantitative estimate of drug-likeness (QED) is 0.464. The van der Waals surface area contributed by atoms with Gasteiger partial charge in [-0.15, -0.1) is 0 Å². The van der Waals surface area contributed by atoms with Crippen molar-refractivity contribution in [3.63, 3.8) is 0 Å². The largest absolute Gasteiger partial charge is 0.425 e. The molecule has 0 saturated carbocycles. The number of ether oxygens (including phenoxy) is 2. The first-order chi connectivity index (χ1) is 15.8. The van der Waals surface area contributed by atoms with Crippen LogP contribution in [0.5, 0.6) is 11.5 Å². The number of hydrogen-bond donors (Lipinski definition) is 1. The maximum Gasteiger partial charge on any atom is 0.413 e. The second-order valence-corrected chi connectivity index (χ2v) is 9.35. The number of benzene rings is 2. The minimum Gasteiger partial charge on any atom is -0.425 e. The molecule has 1 fully saturated rings. The molecular formula is C27H36N2O4. The van der Waals surface area contributed by atoms with Gasteiger partial charge in [0.1, 0.15) is 17.5 Å². The number of para-hydroxylation sites is 1. The fourth-order valence-electron chi connectivity index (χ4n) is 4.57. The predicted octanol–water partition coefficient (Wildman–Crippen LogP) is 5.17. The fraction of sp³-hybridized carbons (Fsp3) is 0.481. The van der Waals surface area contributed by atoms with E-state index in [0.717, 1.165) is 25.9 Å². The summed E-state index contributed by atoms with van der Waals surface area (Å²) in [7, 11) is 2.17. The van der Waals surface area contributed by atoms with E-state index in [0.29, 0.717) is 11.5 Å². The Balaban J connectivity index is 1.69. The Kier molecular flexibility index (Phi) is 8.50. The zero-order chi connectivity index (χ0) is 23.8. The molecule has 0 spiro atoms. The molecule has 0 radical (unpaired) electrons. The van der Waals surface area contributed by atoms with Gasteiger partial charge in [-0.2, -0.15) is 0 Å². The number of rotatable bonds is 7. The molecule has 1 heterocycles. The van der Waals surface area contributed by atoms with Crippen molar-refractivity contribution < 1.29 is 19.1 Å². The third-order valence-corrected chi connectivity index (χ3v) is 6.51. The van der Waals surface area contributed by atoms with Crippen molar-refractivity contribution >= 4 is 12.1 Å². The second-order valence-electron chi connectivity index (χ2n) is 9.35. The van der Waals surface area contributed by atoms with E-state index in [2.05, 4.69) is 30.3 Å². The normalized spacial score (nSPS) is 20.0. The van der Waals surface area contributed by atoms with Crippen molar-refractivity contribution in [2.45, 2.75) is 57.9 Å². The zero-order valence-corrected chi connectivity index (χ0v) is 20.2. The van der Waals surface area contributed by atoms with Gasteiger partial charge in [0, 0.05) is 12.0 Å². The third kappa shape index (κ3) is 6.57. The topological polar surface area (TPSA) is 67.9 Å². The minimum absolute atomic E-state index is 0.0427. The molecule has 33 heavy (non-hydrogen) atoms. The first-order valence-electron chi connectivity index (χ1n) is 11.9. The van der Waals surface area contributed by atoms with E-state index in [9.17, 15) is 9.59 Å². The van der Waals surface area contributed by atoms with Gasteiger partial charge in [-0.25, -0.2) is 9.59 Å². The molecule has 6 heteroatoms. The molecule has 6 nitrogen and oxygen atoms in total. The lowest BCUT2D eigenvalue weighted by Gasteiger charge is -2.35. The first kappa shape index (κ1) is 24.8. The predicted molar refractivity (Wildman–Crippen MR) is 130 cm³/mol. The number of nitrogens with one attached hydrogen (secondary N) is 1. The summed E-state index contributed by atoms with van der Waals surface area (Å²) in [5, 5.41) is 2.68. The highest BCUT2D eigenvalue weighted by Crippen LogP contribution is 2.37. The van der Waals surface area contributed by atoms with Gasteiger partial charge in [-0.1, -0.05) is 57.5 Å². The Morgan fingerprint density at radius 3 is 2.45 bits per heavy atom. The minimum atomic E-state index is -0.821. The van der Waals surface area contributed by atoms with Gasteiger partial charge in [-0.05, 0) is 68.6 Å². The van der Waals surface area contributed by atoms with E-state index in [-0.39, 0.29) is 11.3 Å². The van der Waals surface area contributed by atoms with Crippen LogP contribution in [0.2, 0.25) is 0 Å². The van der Waals surface area contributed by atoms with Crippen LogP contribution in [0.1, 0.15) is 52.0 Å². The van der Waals surface area contributed by atoms with E-state index < -0.39 is 18.1 Å². The van der Waals surface area contributed by atoms with Crippen molar-refractivity contribution in [2.75, 3.05) is 20.1 Å². The molecule has 1 amide bonds. The van der Waals surface area contributed by atoms with Crippen LogP contribution in [0.25, 0.3) is 0 Å². The number of likely N-dealkylation sites (tertiary alicyclic amines) is 1. The van der Waals surface area contributed by atoms with E-state index in [4.69, 9.17) is 9.47 Å². The highest BCUT2D eigenvalue weighted by Gasteiger charge is 2.33. The van der Waals surface area contributed by atoms with Crippen LogP contribution in [0, 0.1) is 5.92 Å². The molecule has 178 valence electrons. The van der Waals surface area contributed by atoms with Gasteiger partial charge in [0.2, 0.25) is 0 Å². The molecule has 0 aliphatic carbocycles. The smallest absolute Gasteiger partial charge is 0.413 e. The van der Waals surface area contributed by atoms with Crippen LogP contribution in [0.4, 0.5) is 4.79 Å². The summed E-state index contributed by atoms with van der Waals surface area (Å²) >= 11 is 0. The molecular weight excluding hydrogens is 416 g/mol. The van der Waals surface area contributed by atoms with Gasteiger partial charge >= 0.3 is 12.1 Å². The average molecular weight is 453 g/mol. The molecule has 0 bridgehead atoms. The Hall–Kier alpha value is -2.86. The summed E-state index contributed by atoms with van der Waals surface area (Å²) < 4.78 is 11.0. The summed E-state index contributed by atoms with van der Waals surface area (Å²) in [5.74, 6) is 0.233. The lowest BCUT2D eigenvalue weighted by atomic mass is 9.74. The molecule has 1 unspecified atom stereocenters. The molecule has 3 rings (SSSR count). The second kappa shape index (κ2) is 11.3. The SMILES string of the molecule is CCC1(c2cccc(OC(=O)N[C@H](C(=O)Oc3ccccc3)C(C)C)c2)CCCCN(C)C1. The van der Waals surface area contributed by atoms with Crippen LogP contribution in [-0.2, 0) is 10.2 Å². The molecule has 1 aliphatic rings. The van der Waals surface area contributed by atoms with Crippen molar-refractivity contribution in [3.8, 4) is 11.5 Å². The van der Waals surface area contributed by atoms with Crippen LogP contribution in [0.3, 0.4) is 0 Å². The van der Waals surface area contributed by atoms with Gasteiger partial charge in [-0.3, -0.25) is 0 Å². The Labute approximate surface area is 197 Å². The lowest BCUT2D eigenvalue weighted by Crippen LogP contribution is -2.47. The van der Waals surface area contributed by atoms with Gasteiger partial charge in [0.05, 0.1) is 0 Å². The average Bonchev–Trinajstić information content (AvgIpc) is 3.00. The number of hydrogen-bond acceptors (Lipinski definition) is 5. The Morgan fingerprint density at radius 1 is 1.03 bits per heavy atom. The summed E-state index contributed by atoms with van der Waals surface area (Å²) in [6, 6.07) is 15.8. The highest BCUT2D eigenvalue weighted by atomic mass is 16.6. The molecule has 1 saturated heterocycles. The fourth-order valence-corrected chi connectivity index (χ4v) is 4.57. The number of likely N-dealkylation sites (N-methyl/N-ethyl adjacent to an activating group) is 1. The molecule has 1 aliphatic heterocycles. The van der Waals surface area contributed by atoms with Gasteiger partial charge in [0.15, 0.2) is 0 Å². The molecule has 2 aromatic rings. The van der Waals surface area contributed by atoms with Crippen molar-refractivity contribution in [1.82, 2.24) is 10.2 Å². The molecule has 2 aromatic carbocycles. The lowest BCUT2D eigenvalue weighted by molar-refractivity contribution is -0.137. The maximum atomic E-state index is 12.7. The number of carbonyl (C=O) groups excluding carboxylic acids is 2. The van der Waals surface area contributed by atoms with Gasteiger partial charge < -0.3 is 19.7 Å². The van der Waals surface area contributed by atoms with Crippen LogP contribution in [-0.4, -0.2) is 43.1 Å². The zero-order valence-electron chi connectivity index (χ0n) is 20.2. The van der Waals surface area contributed by atoms with Crippen molar-refractivity contribution in [1.29, 1.82) is 0 Å². The number of amides is 1. The monoisotopic (exact) mass is 452 g/mol. The summed E-state index contributed by atoms with van der Waals surface area (Å²) in [5.41, 5.74) is 1.23. The standard InChI is InChI=1S/C27H36N2O4/c1-5-27(16-9-10-17-29(4)19-27)21-12-11-15-23(18-21)33-26(31)28-24(20(2)3)25(30)32-22-13-7-6-8-14-22/h6-8,11-15,18,20,24H,5,9-10,16-17,19H2,1-4H3,(H,28,31)/t24-,27?/m0/s1. The van der Waals surface area contributed by atoms with Crippen LogP contribution in [0.15, 0.2) is 54.6 Å². The Bertz CT molecular complexity index is 931. The molecule has 0 aromatic heterocycles. The Morgan fingerprint density at radius 2 is 1.76 bits per heavy atom. The highest BCUT2D eigenvalue weighted by molar-refractivity contribution is 5.83. The number of esters is 1. The number of carbonyl (C=O) groups is 2. The van der Waals surface area contributed by atoms with Gasteiger partial charge in [0.25, 0.3) is 0 Å². The molecule has 1 N–H and O–H groups in total.